The molecule has 8 nitrogen and oxygen atoms in total. The van der Waals surface area contributed by atoms with Gasteiger partial charge in [0.15, 0.2) is 5.82 Å². The molecule has 1 aromatic heterocycles. The van der Waals surface area contributed by atoms with Gasteiger partial charge in [0.05, 0.1) is 10.7 Å². The van der Waals surface area contributed by atoms with Crippen molar-refractivity contribution < 1.29 is 9.53 Å². The summed E-state index contributed by atoms with van der Waals surface area (Å²) in [5.74, 6) is 2.40. The summed E-state index contributed by atoms with van der Waals surface area (Å²) in [7, 11) is 0. The van der Waals surface area contributed by atoms with Crippen LogP contribution in [0.5, 0.6) is 0 Å². The van der Waals surface area contributed by atoms with E-state index in [2.05, 4.69) is 34.0 Å². The summed E-state index contributed by atoms with van der Waals surface area (Å²) in [6, 6.07) is 0.348. The average molecular weight is 417 g/mol. The SMILES string of the molecule is Cc1nc(C(C)C2CNCC2C2=NC3=CN(C4CCOCC4)CN3C(=O)N2)cs1. The highest BCUT2D eigenvalue weighted by atomic mass is 32.1. The van der Waals surface area contributed by atoms with Gasteiger partial charge in [0.1, 0.15) is 12.5 Å². The van der Waals surface area contributed by atoms with E-state index in [4.69, 9.17) is 14.7 Å². The Bertz CT molecular complexity index is 846. The maximum atomic E-state index is 12.8. The van der Waals surface area contributed by atoms with Gasteiger partial charge < -0.3 is 15.0 Å². The standard InChI is InChI=1S/C20H28N6O2S/c1-12(17-10-29-13(2)22-17)15-7-21-8-16(15)19-23-18-9-25(11-26(18)20(27)24-19)14-3-5-28-6-4-14/h9-10,12,14-16,21H,3-8,11H2,1-2H3,(H,23,24,27). The van der Waals surface area contributed by atoms with Crippen molar-refractivity contribution in [3.8, 4) is 0 Å². The largest absolute Gasteiger partial charge is 0.381 e. The molecular weight excluding hydrogens is 388 g/mol. The summed E-state index contributed by atoms with van der Waals surface area (Å²) in [5.41, 5.74) is 1.14. The minimum atomic E-state index is -0.0707. The number of fused-ring (bicyclic) bond motifs is 1. The molecule has 29 heavy (non-hydrogen) atoms. The number of amidine groups is 1. The van der Waals surface area contributed by atoms with E-state index in [9.17, 15) is 4.79 Å². The number of aryl methyl sites for hydroxylation is 1. The van der Waals surface area contributed by atoms with Crippen molar-refractivity contribution in [2.24, 2.45) is 16.8 Å². The number of urea groups is 1. The van der Waals surface area contributed by atoms with Crippen molar-refractivity contribution in [1.29, 1.82) is 0 Å². The molecule has 5 rings (SSSR count). The first kappa shape index (κ1) is 19.0. The van der Waals surface area contributed by atoms with E-state index < -0.39 is 0 Å². The molecule has 2 fully saturated rings. The van der Waals surface area contributed by atoms with Gasteiger partial charge in [-0.15, -0.1) is 11.3 Å². The highest BCUT2D eigenvalue weighted by Gasteiger charge is 2.41. The van der Waals surface area contributed by atoms with E-state index in [1.165, 1.54) is 0 Å². The van der Waals surface area contributed by atoms with Crippen LogP contribution >= 0.6 is 11.3 Å². The lowest BCUT2D eigenvalue weighted by Crippen LogP contribution is -2.50. The predicted octanol–water partition coefficient (Wildman–Crippen LogP) is 2.07. The molecule has 0 saturated carbocycles. The molecule has 3 unspecified atom stereocenters. The van der Waals surface area contributed by atoms with E-state index in [1.54, 1.807) is 16.2 Å². The van der Waals surface area contributed by atoms with Crippen LogP contribution in [0, 0.1) is 18.8 Å². The topological polar surface area (TPSA) is 82.1 Å². The van der Waals surface area contributed by atoms with Gasteiger partial charge in [0, 0.05) is 49.2 Å². The van der Waals surface area contributed by atoms with Gasteiger partial charge in [-0.05, 0) is 32.2 Å². The lowest BCUT2D eigenvalue weighted by Gasteiger charge is -2.33. The summed E-state index contributed by atoms with van der Waals surface area (Å²) in [4.78, 5) is 26.4. The van der Waals surface area contributed by atoms with Gasteiger partial charge in [0.25, 0.3) is 0 Å². The number of carbonyl (C=O) groups is 1. The van der Waals surface area contributed by atoms with Gasteiger partial charge in [-0.2, -0.15) is 0 Å². The molecule has 2 N–H and O–H groups in total. The Labute approximate surface area is 175 Å². The zero-order valence-corrected chi connectivity index (χ0v) is 17.7. The van der Waals surface area contributed by atoms with Crippen LogP contribution in [-0.2, 0) is 4.74 Å². The number of ether oxygens (including phenoxy) is 1. The van der Waals surface area contributed by atoms with Crippen LogP contribution in [0.25, 0.3) is 0 Å². The van der Waals surface area contributed by atoms with Gasteiger partial charge in [-0.1, -0.05) is 6.92 Å². The van der Waals surface area contributed by atoms with Crippen molar-refractivity contribution in [2.75, 3.05) is 33.0 Å². The van der Waals surface area contributed by atoms with Gasteiger partial charge >= 0.3 is 6.03 Å². The predicted molar refractivity (Wildman–Crippen MR) is 112 cm³/mol. The van der Waals surface area contributed by atoms with E-state index >= 15 is 0 Å². The zero-order valence-electron chi connectivity index (χ0n) is 16.9. The summed E-state index contributed by atoms with van der Waals surface area (Å²) in [5, 5.41) is 9.83. The number of aromatic nitrogens is 1. The van der Waals surface area contributed by atoms with Crippen LogP contribution in [0.15, 0.2) is 22.4 Å². The van der Waals surface area contributed by atoms with Crippen LogP contribution < -0.4 is 10.6 Å². The molecule has 156 valence electrons. The Hall–Kier alpha value is -1.97. The summed E-state index contributed by atoms with van der Waals surface area (Å²) >= 11 is 1.69. The zero-order chi connectivity index (χ0) is 20.0. The van der Waals surface area contributed by atoms with Gasteiger partial charge in [0.2, 0.25) is 0 Å². The van der Waals surface area contributed by atoms with Crippen molar-refractivity contribution in [1.82, 2.24) is 25.4 Å². The van der Waals surface area contributed by atoms with Crippen LogP contribution in [0.4, 0.5) is 4.79 Å². The van der Waals surface area contributed by atoms with E-state index in [0.717, 1.165) is 61.5 Å². The smallest absolute Gasteiger partial charge is 0.329 e. The van der Waals surface area contributed by atoms with Crippen molar-refractivity contribution in [3.63, 3.8) is 0 Å². The summed E-state index contributed by atoms with van der Waals surface area (Å²) < 4.78 is 5.48. The molecule has 0 aliphatic carbocycles. The maximum absolute atomic E-state index is 12.8. The third-order valence-electron chi connectivity index (χ3n) is 6.60. The number of hydrogen-bond acceptors (Lipinski definition) is 7. The Kier molecular flexibility index (Phi) is 5.05. The summed E-state index contributed by atoms with van der Waals surface area (Å²) in [6.45, 7) is 8.16. The number of hydrogen-bond donors (Lipinski definition) is 2. The Balaban J connectivity index is 1.36. The molecule has 2 amide bonds. The van der Waals surface area contributed by atoms with Crippen molar-refractivity contribution >= 4 is 23.2 Å². The van der Waals surface area contributed by atoms with Crippen molar-refractivity contribution in [2.45, 2.75) is 38.6 Å². The second-order valence-electron chi connectivity index (χ2n) is 8.35. The maximum Gasteiger partial charge on any atom is 0.329 e. The molecule has 0 radical (unpaired) electrons. The second kappa shape index (κ2) is 7.70. The molecule has 3 atom stereocenters. The Morgan fingerprint density at radius 3 is 2.90 bits per heavy atom. The fourth-order valence-corrected chi connectivity index (χ4v) is 5.54. The highest BCUT2D eigenvalue weighted by molar-refractivity contribution is 7.09. The lowest BCUT2D eigenvalue weighted by atomic mass is 9.82. The number of thiazole rings is 1. The number of rotatable bonds is 4. The molecule has 9 heteroatoms. The fourth-order valence-electron chi connectivity index (χ4n) is 4.83. The van der Waals surface area contributed by atoms with Gasteiger partial charge in [-0.3, -0.25) is 10.2 Å². The Morgan fingerprint density at radius 2 is 2.14 bits per heavy atom. The van der Waals surface area contributed by atoms with Crippen LogP contribution in [-0.4, -0.2) is 65.7 Å². The molecule has 0 bridgehead atoms. The van der Waals surface area contributed by atoms with E-state index in [-0.39, 0.29) is 11.9 Å². The normalized spacial score (nSPS) is 28.8. The minimum Gasteiger partial charge on any atom is -0.381 e. The first-order valence-electron chi connectivity index (χ1n) is 10.5. The third kappa shape index (κ3) is 3.55. The van der Waals surface area contributed by atoms with E-state index in [0.29, 0.717) is 24.5 Å². The molecule has 4 aliphatic heterocycles. The fraction of sp³-hybridized carbons (Fsp3) is 0.650. The molecule has 5 heterocycles. The van der Waals surface area contributed by atoms with Crippen molar-refractivity contribution in [3.05, 3.63) is 28.1 Å². The minimum absolute atomic E-state index is 0.0707. The van der Waals surface area contributed by atoms with Crippen LogP contribution in [0.1, 0.15) is 36.4 Å². The molecule has 0 aromatic carbocycles. The molecule has 1 aromatic rings. The van der Waals surface area contributed by atoms with Crippen LogP contribution in [0.2, 0.25) is 0 Å². The monoisotopic (exact) mass is 416 g/mol. The highest BCUT2D eigenvalue weighted by Crippen LogP contribution is 2.35. The quantitative estimate of drug-likeness (QED) is 0.785. The first-order chi connectivity index (χ1) is 14.1. The number of carbonyl (C=O) groups excluding carboxylic acids is 1. The molecule has 2 saturated heterocycles. The molecule has 4 aliphatic rings. The number of nitrogens with one attached hydrogen (secondary N) is 2. The average Bonchev–Trinajstić information content (AvgIpc) is 3.47. The summed E-state index contributed by atoms with van der Waals surface area (Å²) in [6.07, 6.45) is 4.04. The molecule has 0 spiro atoms. The third-order valence-corrected chi connectivity index (χ3v) is 7.39. The Morgan fingerprint density at radius 1 is 1.31 bits per heavy atom. The molecular formula is C20H28N6O2S. The first-order valence-corrected chi connectivity index (χ1v) is 11.3. The van der Waals surface area contributed by atoms with Crippen LogP contribution in [0.3, 0.4) is 0 Å². The van der Waals surface area contributed by atoms with E-state index in [1.807, 2.05) is 6.92 Å². The number of amides is 2. The van der Waals surface area contributed by atoms with Gasteiger partial charge in [-0.25, -0.2) is 14.8 Å². The lowest BCUT2D eigenvalue weighted by molar-refractivity contribution is 0.0459. The second-order valence-corrected chi connectivity index (χ2v) is 9.41. The number of aliphatic imine (C=N–C) groups is 1. The number of nitrogens with zero attached hydrogens (tertiary/aromatic N) is 4.